The van der Waals surface area contributed by atoms with Crippen LogP contribution < -0.4 is 0 Å². The molecule has 3 heterocycles. The highest BCUT2D eigenvalue weighted by Crippen LogP contribution is 2.34. The van der Waals surface area contributed by atoms with Crippen molar-refractivity contribution in [2.24, 2.45) is 11.3 Å². The van der Waals surface area contributed by atoms with Crippen molar-refractivity contribution >= 4 is 22.8 Å². The molecule has 2 aliphatic heterocycles. The van der Waals surface area contributed by atoms with E-state index in [9.17, 15) is 9.59 Å². The third-order valence-electron chi connectivity index (χ3n) is 7.65. The van der Waals surface area contributed by atoms with Crippen LogP contribution in [0.2, 0.25) is 0 Å². The fraction of sp³-hybridized carbons (Fsp3) is 0.448. The van der Waals surface area contributed by atoms with E-state index in [4.69, 9.17) is 9.15 Å². The predicted octanol–water partition coefficient (Wildman–Crippen LogP) is 4.32. The summed E-state index contributed by atoms with van der Waals surface area (Å²) in [6.45, 7) is 5.86. The minimum Gasteiger partial charge on any atom is -0.464 e. The fourth-order valence-corrected chi connectivity index (χ4v) is 5.46. The molecule has 2 saturated heterocycles. The molecule has 0 aliphatic carbocycles. The Balaban J connectivity index is 1.20. The Hall–Kier alpha value is -3.12. The maximum absolute atomic E-state index is 13.7. The van der Waals surface area contributed by atoms with Gasteiger partial charge in [-0.3, -0.25) is 9.59 Å². The first-order valence-electron chi connectivity index (χ1n) is 12.7. The lowest BCUT2D eigenvalue weighted by atomic mass is 9.78. The average molecular weight is 475 g/mol. The molecular weight excluding hydrogens is 440 g/mol. The number of carbonyl (C=O) groups excluding carboxylic acids is 2. The SMILES string of the molecule is CC1(C(=O)N2CCOCC(Cc3cccc4occc34)C2)CCN(C(=O)Cc2ccccc2)CC1. The van der Waals surface area contributed by atoms with Gasteiger partial charge in [-0.15, -0.1) is 0 Å². The second-order valence-electron chi connectivity index (χ2n) is 10.2. The molecule has 2 aliphatic rings. The van der Waals surface area contributed by atoms with Gasteiger partial charge in [0.25, 0.3) is 0 Å². The summed E-state index contributed by atoms with van der Waals surface area (Å²) in [5.41, 5.74) is 2.72. The second-order valence-corrected chi connectivity index (χ2v) is 10.2. The molecule has 6 heteroatoms. The summed E-state index contributed by atoms with van der Waals surface area (Å²) in [5.74, 6) is 0.574. The van der Waals surface area contributed by atoms with Gasteiger partial charge in [0.15, 0.2) is 0 Å². The van der Waals surface area contributed by atoms with Gasteiger partial charge in [-0.2, -0.15) is 0 Å². The van der Waals surface area contributed by atoms with E-state index < -0.39 is 5.41 Å². The Kier molecular flexibility index (Phi) is 6.91. The predicted molar refractivity (Wildman–Crippen MR) is 135 cm³/mol. The molecule has 5 rings (SSSR count). The molecule has 0 saturated carbocycles. The van der Waals surface area contributed by atoms with E-state index in [1.165, 1.54) is 5.56 Å². The monoisotopic (exact) mass is 474 g/mol. The number of piperidine rings is 1. The van der Waals surface area contributed by atoms with Crippen molar-refractivity contribution < 1.29 is 18.7 Å². The van der Waals surface area contributed by atoms with E-state index in [2.05, 4.69) is 13.0 Å². The largest absolute Gasteiger partial charge is 0.464 e. The zero-order valence-corrected chi connectivity index (χ0v) is 20.4. The van der Waals surface area contributed by atoms with Gasteiger partial charge in [-0.05, 0) is 42.5 Å². The molecule has 1 atom stereocenters. The molecule has 3 aromatic rings. The number of likely N-dealkylation sites (tertiary alicyclic amines) is 1. The number of carbonyl (C=O) groups is 2. The van der Waals surface area contributed by atoms with E-state index in [-0.39, 0.29) is 17.7 Å². The first kappa shape index (κ1) is 23.6. The number of amides is 2. The molecule has 35 heavy (non-hydrogen) atoms. The van der Waals surface area contributed by atoms with Crippen molar-refractivity contribution in [1.29, 1.82) is 0 Å². The highest BCUT2D eigenvalue weighted by molar-refractivity contribution is 5.84. The van der Waals surface area contributed by atoms with Crippen LogP contribution in [-0.2, 0) is 27.2 Å². The Morgan fingerprint density at radius 2 is 1.77 bits per heavy atom. The number of hydrogen-bond acceptors (Lipinski definition) is 4. The quantitative estimate of drug-likeness (QED) is 0.553. The summed E-state index contributed by atoms with van der Waals surface area (Å²) in [5, 5.41) is 1.13. The van der Waals surface area contributed by atoms with Crippen molar-refractivity contribution in [3.8, 4) is 0 Å². The van der Waals surface area contributed by atoms with Gasteiger partial charge < -0.3 is 19.0 Å². The Labute approximate surface area is 206 Å². The van der Waals surface area contributed by atoms with E-state index in [0.717, 1.165) is 23.0 Å². The van der Waals surface area contributed by atoms with E-state index in [1.807, 2.05) is 58.3 Å². The summed E-state index contributed by atoms with van der Waals surface area (Å²) >= 11 is 0. The lowest BCUT2D eigenvalue weighted by molar-refractivity contribution is -0.147. The van der Waals surface area contributed by atoms with E-state index in [1.54, 1.807) is 6.26 Å². The molecule has 0 radical (unpaired) electrons. The molecule has 2 aromatic carbocycles. The topological polar surface area (TPSA) is 63.0 Å². The molecular formula is C29H34N2O4. The molecule has 0 N–H and O–H groups in total. The number of ether oxygens (including phenoxy) is 1. The highest BCUT2D eigenvalue weighted by Gasteiger charge is 2.41. The second kappa shape index (κ2) is 10.2. The molecule has 0 spiro atoms. The van der Waals surface area contributed by atoms with Crippen LogP contribution in [0.4, 0.5) is 0 Å². The minimum atomic E-state index is -0.441. The minimum absolute atomic E-state index is 0.141. The first-order valence-corrected chi connectivity index (χ1v) is 12.7. The number of fused-ring (bicyclic) bond motifs is 1. The van der Waals surface area contributed by atoms with Gasteiger partial charge in [-0.25, -0.2) is 0 Å². The van der Waals surface area contributed by atoms with Crippen LogP contribution in [0, 0.1) is 11.3 Å². The van der Waals surface area contributed by atoms with Crippen molar-refractivity contribution in [3.05, 3.63) is 72.0 Å². The van der Waals surface area contributed by atoms with Crippen LogP contribution in [0.1, 0.15) is 30.9 Å². The van der Waals surface area contributed by atoms with Gasteiger partial charge in [0.2, 0.25) is 11.8 Å². The third kappa shape index (κ3) is 5.27. The van der Waals surface area contributed by atoms with Gasteiger partial charge in [0, 0.05) is 42.9 Å². The zero-order valence-electron chi connectivity index (χ0n) is 20.4. The maximum atomic E-state index is 13.7. The first-order chi connectivity index (χ1) is 17.0. The number of nitrogens with zero attached hydrogens (tertiary/aromatic N) is 2. The highest BCUT2D eigenvalue weighted by atomic mass is 16.5. The van der Waals surface area contributed by atoms with Crippen LogP contribution in [0.3, 0.4) is 0 Å². The molecule has 2 fully saturated rings. The molecule has 1 unspecified atom stereocenters. The molecule has 184 valence electrons. The van der Waals surface area contributed by atoms with Crippen molar-refractivity contribution in [1.82, 2.24) is 9.80 Å². The van der Waals surface area contributed by atoms with Gasteiger partial charge >= 0.3 is 0 Å². The number of furan rings is 1. The zero-order chi connectivity index (χ0) is 24.3. The lowest BCUT2D eigenvalue weighted by Crippen LogP contribution is -2.51. The summed E-state index contributed by atoms with van der Waals surface area (Å²) < 4.78 is 11.5. The van der Waals surface area contributed by atoms with Gasteiger partial charge in [0.05, 0.1) is 25.9 Å². The standard InChI is InChI=1S/C29H34N2O4/c1-29(11-13-30(14-12-29)27(32)19-22-6-3-2-4-7-22)28(33)31-15-17-34-21-23(20-31)18-24-8-5-9-26-25(24)10-16-35-26/h2-10,16,23H,11-15,17-21H2,1H3. The van der Waals surface area contributed by atoms with Gasteiger partial charge in [0.1, 0.15) is 5.58 Å². The number of benzene rings is 2. The molecule has 0 bridgehead atoms. The van der Waals surface area contributed by atoms with Crippen LogP contribution in [0.25, 0.3) is 11.0 Å². The Morgan fingerprint density at radius 3 is 2.57 bits per heavy atom. The Bertz CT molecular complexity index is 1160. The third-order valence-corrected chi connectivity index (χ3v) is 7.65. The normalized spacial score (nSPS) is 20.5. The molecule has 1 aromatic heterocycles. The number of rotatable bonds is 5. The summed E-state index contributed by atoms with van der Waals surface area (Å²) in [6.07, 6.45) is 4.38. The van der Waals surface area contributed by atoms with Crippen molar-refractivity contribution in [3.63, 3.8) is 0 Å². The van der Waals surface area contributed by atoms with Crippen LogP contribution in [-0.4, -0.2) is 61.0 Å². The van der Waals surface area contributed by atoms with E-state index in [0.29, 0.717) is 58.7 Å². The van der Waals surface area contributed by atoms with Crippen LogP contribution in [0.5, 0.6) is 0 Å². The van der Waals surface area contributed by atoms with Crippen molar-refractivity contribution in [2.45, 2.75) is 32.6 Å². The molecule has 6 nitrogen and oxygen atoms in total. The summed E-state index contributed by atoms with van der Waals surface area (Å²) in [4.78, 5) is 30.4. The van der Waals surface area contributed by atoms with Crippen LogP contribution >= 0.6 is 0 Å². The van der Waals surface area contributed by atoms with E-state index >= 15 is 0 Å². The Morgan fingerprint density at radius 1 is 0.971 bits per heavy atom. The van der Waals surface area contributed by atoms with Gasteiger partial charge in [-0.1, -0.05) is 49.4 Å². The fourth-order valence-electron chi connectivity index (χ4n) is 5.46. The maximum Gasteiger partial charge on any atom is 0.228 e. The average Bonchev–Trinajstić information content (AvgIpc) is 3.24. The van der Waals surface area contributed by atoms with Crippen LogP contribution in [0.15, 0.2) is 65.3 Å². The molecule has 2 amide bonds. The summed E-state index contributed by atoms with van der Waals surface area (Å²) in [6, 6.07) is 18.0. The number of hydrogen-bond donors (Lipinski definition) is 0. The smallest absolute Gasteiger partial charge is 0.228 e. The lowest BCUT2D eigenvalue weighted by Gasteiger charge is -2.41. The van der Waals surface area contributed by atoms with Crippen molar-refractivity contribution in [2.75, 3.05) is 39.4 Å². The summed E-state index contributed by atoms with van der Waals surface area (Å²) in [7, 11) is 0.